The van der Waals surface area contributed by atoms with Crippen LogP contribution in [0.25, 0.3) is 0 Å². The van der Waals surface area contributed by atoms with Gasteiger partial charge in [0.2, 0.25) is 0 Å². The number of likely N-dealkylation sites (tertiary alicyclic amines) is 1. The third kappa shape index (κ3) is 3.26. The Kier molecular flexibility index (Phi) is 4.09. The average Bonchev–Trinajstić information content (AvgIpc) is 2.89. The summed E-state index contributed by atoms with van der Waals surface area (Å²) in [6.45, 7) is 3.10. The van der Waals surface area contributed by atoms with Crippen LogP contribution in [0.1, 0.15) is 24.6 Å². The van der Waals surface area contributed by atoms with E-state index in [2.05, 4.69) is 5.32 Å². The molecule has 104 valence electrons. The number of hydrogen-bond acceptors (Lipinski definition) is 3. The van der Waals surface area contributed by atoms with Gasteiger partial charge in [-0.25, -0.2) is 4.79 Å². The standard InChI is InChI=1S/C13H18N2O3S/c1-13(11(16)17)5-3-6-15(9-13)12(18)14-8-10-4-2-7-19-10/h2,4,7H,3,5-6,8-9H2,1H3,(H,14,18)(H,16,17). The molecule has 2 amide bonds. The smallest absolute Gasteiger partial charge is 0.317 e. The maximum Gasteiger partial charge on any atom is 0.317 e. The van der Waals surface area contributed by atoms with Gasteiger partial charge in [0.1, 0.15) is 0 Å². The molecule has 1 atom stereocenters. The molecule has 2 N–H and O–H groups in total. The first-order chi connectivity index (χ1) is 9.01. The molecule has 1 aromatic rings. The predicted molar refractivity (Wildman–Crippen MR) is 73.1 cm³/mol. The van der Waals surface area contributed by atoms with Gasteiger partial charge >= 0.3 is 12.0 Å². The zero-order chi connectivity index (χ0) is 13.9. The molecule has 0 radical (unpaired) electrons. The lowest BCUT2D eigenvalue weighted by Gasteiger charge is -2.37. The van der Waals surface area contributed by atoms with E-state index in [9.17, 15) is 14.7 Å². The van der Waals surface area contributed by atoms with Gasteiger partial charge in [0.15, 0.2) is 0 Å². The second kappa shape index (κ2) is 5.61. The van der Waals surface area contributed by atoms with Crippen molar-refractivity contribution in [1.29, 1.82) is 0 Å². The zero-order valence-electron chi connectivity index (χ0n) is 10.9. The molecule has 2 heterocycles. The molecule has 0 spiro atoms. The van der Waals surface area contributed by atoms with Crippen molar-refractivity contribution in [2.24, 2.45) is 5.41 Å². The summed E-state index contributed by atoms with van der Waals surface area (Å²) in [4.78, 5) is 26.0. The highest BCUT2D eigenvalue weighted by atomic mass is 32.1. The van der Waals surface area contributed by atoms with Crippen LogP contribution in [-0.2, 0) is 11.3 Å². The number of piperidine rings is 1. The van der Waals surface area contributed by atoms with E-state index in [4.69, 9.17) is 0 Å². The summed E-state index contributed by atoms with van der Waals surface area (Å²) in [5.41, 5.74) is -0.821. The molecule has 19 heavy (non-hydrogen) atoms. The molecule has 0 aromatic carbocycles. The number of aliphatic carboxylic acids is 1. The summed E-state index contributed by atoms with van der Waals surface area (Å²) in [6, 6.07) is 3.72. The fourth-order valence-electron chi connectivity index (χ4n) is 2.28. The van der Waals surface area contributed by atoms with Gasteiger partial charge in [-0.05, 0) is 31.2 Å². The van der Waals surface area contributed by atoms with Crippen LogP contribution in [0.5, 0.6) is 0 Å². The van der Waals surface area contributed by atoms with Crippen LogP contribution in [0.2, 0.25) is 0 Å². The van der Waals surface area contributed by atoms with Crippen molar-refractivity contribution in [3.63, 3.8) is 0 Å². The van der Waals surface area contributed by atoms with Gasteiger partial charge in [-0.1, -0.05) is 6.07 Å². The number of hydrogen-bond donors (Lipinski definition) is 2. The second-order valence-corrected chi connectivity index (χ2v) is 6.16. The van der Waals surface area contributed by atoms with E-state index in [1.54, 1.807) is 23.2 Å². The van der Waals surface area contributed by atoms with E-state index in [1.807, 2.05) is 17.5 Å². The van der Waals surface area contributed by atoms with E-state index in [0.29, 0.717) is 19.5 Å². The lowest BCUT2D eigenvalue weighted by atomic mass is 9.82. The fourth-order valence-corrected chi connectivity index (χ4v) is 2.92. The van der Waals surface area contributed by atoms with Crippen molar-refractivity contribution in [3.8, 4) is 0 Å². The minimum atomic E-state index is -0.830. The van der Waals surface area contributed by atoms with Gasteiger partial charge in [0, 0.05) is 18.0 Å². The van der Waals surface area contributed by atoms with E-state index >= 15 is 0 Å². The first kappa shape index (κ1) is 13.9. The van der Waals surface area contributed by atoms with Crippen LogP contribution in [0.3, 0.4) is 0 Å². The van der Waals surface area contributed by atoms with Crippen LogP contribution in [0, 0.1) is 5.41 Å². The Balaban J connectivity index is 1.90. The highest BCUT2D eigenvalue weighted by molar-refractivity contribution is 7.09. The van der Waals surface area contributed by atoms with Crippen molar-refractivity contribution in [2.75, 3.05) is 13.1 Å². The molecular formula is C13H18N2O3S. The third-order valence-electron chi connectivity index (χ3n) is 3.49. The molecular weight excluding hydrogens is 264 g/mol. The monoisotopic (exact) mass is 282 g/mol. The molecule has 0 aliphatic carbocycles. The van der Waals surface area contributed by atoms with Crippen LogP contribution in [-0.4, -0.2) is 35.1 Å². The highest BCUT2D eigenvalue weighted by Crippen LogP contribution is 2.29. The summed E-state index contributed by atoms with van der Waals surface area (Å²) >= 11 is 1.59. The minimum absolute atomic E-state index is 0.180. The van der Waals surface area contributed by atoms with Crippen molar-refractivity contribution >= 4 is 23.3 Å². The Morgan fingerprint density at radius 1 is 1.58 bits per heavy atom. The molecule has 1 saturated heterocycles. The lowest BCUT2D eigenvalue weighted by molar-refractivity contribution is -0.150. The number of carbonyl (C=O) groups excluding carboxylic acids is 1. The van der Waals surface area contributed by atoms with Gasteiger partial charge in [-0.3, -0.25) is 4.79 Å². The van der Waals surface area contributed by atoms with Gasteiger partial charge in [-0.2, -0.15) is 0 Å². The average molecular weight is 282 g/mol. The van der Waals surface area contributed by atoms with Crippen molar-refractivity contribution in [3.05, 3.63) is 22.4 Å². The van der Waals surface area contributed by atoms with Gasteiger partial charge in [0.25, 0.3) is 0 Å². The van der Waals surface area contributed by atoms with E-state index < -0.39 is 11.4 Å². The molecule has 2 rings (SSSR count). The van der Waals surface area contributed by atoms with Crippen molar-refractivity contribution in [1.82, 2.24) is 10.2 Å². The van der Waals surface area contributed by atoms with Crippen molar-refractivity contribution in [2.45, 2.75) is 26.3 Å². The molecule has 1 unspecified atom stereocenters. The fraction of sp³-hybridized carbons (Fsp3) is 0.538. The Labute approximate surface area is 116 Å². The minimum Gasteiger partial charge on any atom is -0.481 e. The maximum atomic E-state index is 12.0. The number of urea groups is 1. The van der Waals surface area contributed by atoms with Crippen LogP contribution in [0.15, 0.2) is 17.5 Å². The molecule has 0 bridgehead atoms. The summed E-state index contributed by atoms with van der Waals surface area (Å²) in [5.74, 6) is -0.830. The Morgan fingerprint density at radius 2 is 2.37 bits per heavy atom. The number of nitrogens with one attached hydrogen (secondary N) is 1. The maximum absolute atomic E-state index is 12.0. The Bertz CT molecular complexity index is 460. The number of nitrogens with zero attached hydrogens (tertiary/aromatic N) is 1. The topological polar surface area (TPSA) is 69.6 Å². The normalized spacial score (nSPS) is 23.1. The predicted octanol–water partition coefficient (Wildman–Crippen LogP) is 2.14. The number of carbonyl (C=O) groups is 2. The van der Waals surface area contributed by atoms with E-state index in [1.165, 1.54) is 0 Å². The summed E-state index contributed by atoms with van der Waals surface area (Å²) in [6.07, 6.45) is 1.35. The number of amides is 2. The molecule has 1 aliphatic rings. The van der Waals surface area contributed by atoms with Crippen LogP contribution < -0.4 is 5.32 Å². The molecule has 1 aromatic heterocycles. The largest absolute Gasteiger partial charge is 0.481 e. The van der Waals surface area contributed by atoms with Gasteiger partial charge in [-0.15, -0.1) is 11.3 Å². The van der Waals surface area contributed by atoms with Gasteiger partial charge < -0.3 is 15.3 Å². The van der Waals surface area contributed by atoms with Crippen LogP contribution in [0.4, 0.5) is 4.79 Å². The molecule has 1 aliphatic heterocycles. The number of carboxylic acids is 1. The molecule has 1 fully saturated rings. The Morgan fingerprint density at radius 3 is 3.00 bits per heavy atom. The summed E-state index contributed by atoms with van der Waals surface area (Å²) in [7, 11) is 0. The first-order valence-corrected chi connectivity index (χ1v) is 7.18. The molecule has 5 nitrogen and oxygen atoms in total. The zero-order valence-corrected chi connectivity index (χ0v) is 11.7. The summed E-state index contributed by atoms with van der Waals surface area (Å²) in [5, 5.41) is 14.0. The van der Waals surface area contributed by atoms with E-state index in [-0.39, 0.29) is 12.6 Å². The lowest BCUT2D eigenvalue weighted by Crippen LogP contribution is -2.51. The van der Waals surface area contributed by atoms with Gasteiger partial charge in [0.05, 0.1) is 12.0 Å². The second-order valence-electron chi connectivity index (χ2n) is 5.13. The summed E-state index contributed by atoms with van der Waals surface area (Å²) < 4.78 is 0. The van der Waals surface area contributed by atoms with Crippen LogP contribution >= 0.6 is 11.3 Å². The number of rotatable bonds is 3. The number of thiophene rings is 1. The molecule has 0 saturated carbocycles. The Hall–Kier alpha value is -1.56. The first-order valence-electron chi connectivity index (χ1n) is 6.30. The van der Waals surface area contributed by atoms with Crippen molar-refractivity contribution < 1.29 is 14.7 Å². The molecule has 6 heteroatoms. The third-order valence-corrected chi connectivity index (χ3v) is 4.37. The SMILES string of the molecule is CC1(C(=O)O)CCCN(C(=O)NCc2cccs2)C1. The quantitative estimate of drug-likeness (QED) is 0.892. The highest BCUT2D eigenvalue weighted by Gasteiger charge is 2.39. The number of carboxylic acid groups (broad SMARTS) is 1. The van der Waals surface area contributed by atoms with E-state index in [0.717, 1.165) is 11.3 Å².